The van der Waals surface area contributed by atoms with Crippen molar-refractivity contribution in [2.75, 3.05) is 6.54 Å². The van der Waals surface area contributed by atoms with Gasteiger partial charge in [-0.05, 0) is 49.6 Å². The van der Waals surface area contributed by atoms with Gasteiger partial charge in [0.25, 0.3) is 0 Å². The molecular formula is C14H16Cl2N2. The summed E-state index contributed by atoms with van der Waals surface area (Å²) in [7, 11) is 0. The number of hydrogen-bond acceptors (Lipinski definition) is 2. The number of nitrogens with two attached hydrogens (primary N) is 1. The van der Waals surface area contributed by atoms with E-state index in [1.807, 2.05) is 13.0 Å². The Labute approximate surface area is 117 Å². The first-order chi connectivity index (χ1) is 8.51. The predicted molar refractivity (Wildman–Crippen MR) is 78.4 cm³/mol. The molecule has 0 aliphatic carbocycles. The minimum atomic E-state index is 0.418. The lowest BCUT2D eigenvalue weighted by atomic mass is 9.97. The number of hydrogen-bond donors (Lipinski definition) is 1. The van der Waals surface area contributed by atoms with Gasteiger partial charge in [0.15, 0.2) is 0 Å². The van der Waals surface area contributed by atoms with Crippen molar-refractivity contribution in [2.24, 2.45) is 11.7 Å². The predicted octanol–water partition coefficient (Wildman–Crippen LogP) is 3.99. The van der Waals surface area contributed by atoms with Crippen molar-refractivity contribution in [3.8, 4) is 0 Å². The van der Waals surface area contributed by atoms with Crippen molar-refractivity contribution in [1.82, 2.24) is 4.98 Å². The lowest BCUT2D eigenvalue weighted by Gasteiger charge is -2.13. The van der Waals surface area contributed by atoms with Crippen LogP contribution >= 0.6 is 23.2 Å². The van der Waals surface area contributed by atoms with Gasteiger partial charge in [-0.15, -0.1) is 0 Å². The highest BCUT2D eigenvalue weighted by molar-refractivity contribution is 6.38. The van der Waals surface area contributed by atoms with Crippen LogP contribution in [0.25, 0.3) is 10.9 Å². The molecule has 0 aliphatic heterocycles. The minimum Gasteiger partial charge on any atom is -0.330 e. The SMILES string of the molecule is Cc1cc(CC(C)CN)c2c(Cl)cc(Cl)cc2n1. The van der Waals surface area contributed by atoms with Gasteiger partial charge in [-0.2, -0.15) is 0 Å². The Balaban J connectivity index is 2.64. The van der Waals surface area contributed by atoms with Crippen molar-refractivity contribution in [3.05, 3.63) is 39.5 Å². The van der Waals surface area contributed by atoms with E-state index >= 15 is 0 Å². The second kappa shape index (κ2) is 5.43. The molecular weight excluding hydrogens is 267 g/mol. The Hall–Kier alpha value is -0.830. The maximum Gasteiger partial charge on any atom is 0.0737 e. The van der Waals surface area contributed by atoms with Crippen molar-refractivity contribution >= 4 is 34.1 Å². The maximum absolute atomic E-state index is 6.29. The summed E-state index contributed by atoms with van der Waals surface area (Å²) < 4.78 is 0. The quantitative estimate of drug-likeness (QED) is 0.925. The zero-order chi connectivity index (χ0) is 13.3. The second-order valence-corrected chi connectivity index (χ2v) is 5.59. The van der Waals surface area contributed by atoms with Gasteiger partial charge in [0.1, 0.15) is 0 Å². The van der Waals surface area contributed by atoms with Crippen LogP contribution in [0.15, 0.2) is 18.2 Å². The second-order valence-electron chi connectivity index (χ2n) is 4.75. The first kappa shape index (κ1) is 13.6. The fourth-order valence-electron chi connectivity index (χ4n) is 2.13. The topological polar surface area (TPSA) is 38.9 Å². The zero-order valence-electron chi connectivity index (χ0n) is 10.5. The van der Waals surface area contributed by atoms with Gasteiger partial charge >= 0.3 is 0 Å². The van der Waals surface area contributed by atoms with Gasteiger partial charge in [0.2, 0.25) is 0 Å². The van der Waals surface area contributed by atoms with E-state index in [2.05, 4.69) is 18.0 Å². The normalized spacial score (nSPS) is 12.9. The standard InChI is InChI=1S/C14H16Cl2N2/c1-8(7-17)3-10-4-9(2)18-13-6-11(15)5-12(16)14(10)13/h4-6,8H,3,7,17H2,1-2H3. The molecule has 0 amide bonds. The summed E-state index contributed by atoms with van der Waals surface area (Å²) in [6, 6.07) is 5.69. The molecule has 0 spiro atoms. The molecule has 2 nitrogen and oxygen atoms in total. The van der Waals surface area contributed by atoms with Crippen LogP contribution in [0.3, 0.4) is 0 Å². The third-order valence-electron chi connectivity index (χ3n) is 3.01. The van der Waals surface area contributed by atoms with Gasteiger partial charge in [0.05, 0.1) is 10.5 Å². The molecule has 1 unspecified atom stereocenters. The third-order valence-corrected chi connectivity index (χ3v) is 3.52. The first-order valence-corrected chi connectivity index (χ1v) is 6.72. The molecule has 1 aromatic heterocycles. The zero-order valence-corrected chi connectivity index (χ0v) is 12.0. The van der Waals surface area contributed by atoms with Crippen LogP contribution in [-0.4, -0.2) is 11.5 Å². The fourth-order valence-corrected chi connectivity index (χ4v) is 2.74. The fraction of sp³-hybridized carbons (Fsp3) is 0.357. The summed E-state index contributed by atoms with van der Waals surface area (Å²) in [5.74, 6) is 0.418. The molecule has 2 rings (SSSR count). The van der Waals surface area contributed by atoms with Crippen molar-refractivity contribution in [2.45, 2.75) is 20.3 Å². The van der Waals surface area contributed by atoms with E-state index in [-0.39, 0.29) is 0 Å². The lowest BCUT2D eigenvalue weighted by molar-refractivity contribution is 0.595. The minimum absolute atomic E-state index is 0.418. The molecule has 0 saturated heterocycles. The van der Waals surface area contributed by atoms with Gasteiger partial charge in [-0.25, -0.2) is 0 Å². The van der Waals surface area contributed by atoms with E-state index < -0.39 is 0 Å². The Kier molecular flexibility index (Phi) is 4.10. The highest BCUT2D eigenvalue weighted by Gasteiger charge is 2.11. The summed E-state index contributed by atoms with van der Waals surface area (Å²) in [4.78, 5) is 4.49. The van der Waals surface area contributed by atoms with Crippen molar-refractivity contribution in [3.63, 3.8) is 0 Å². The van der Waals surface area contributed by atoms with E-state index in [1.165, 1.54) is 5.56 Å². The van der Waals surface area contributed by atoms with E-state index in [0.717, 1.165) is 23.0 Å². The molecule has 96 valence electrons. The summed E-state index contributed by atoms with van der Waals surface area (Å²) in [6.45, 7) is 4.77. The maximum atomic E-state index is 6.29. The Bertz CT molecular complexity index is 576. The number of benzene rings is 1. The van der Waals surface area contributed by atoms with Crippen LogP contribution in [0.2, 0.25) is 10.0 Å². The molecule has 18 heavy (non-hydrogen) atoms. The van der Waals surface area contributed by atoms with Crippen molar-refractivity contribution < 1.29 is 0 Å². The van der Waals surface area contributed by atoms with Crippen LogP contribution in [0.4, 0.5) is 0 Å². The average Bonchev–Trinajstić information content (AvgIpc) is 2.26. The van der Waals surface area contributed by atoms with E-state index in [4.69, 9.17) is 28.9 Å². The summed E-state index contributed by atoms with van der Waals surface area (Å²) in [5, 5.41) is 2.26. The molecule has 0 radical (unpaired) electrons. The molecule has 2 N–H and O–H groups in total. The molecule has 0 aliphatic rings. The van der Waals surface area contributed by atoms with Gasteiger partial charge in [-0.1, -0.05) is 30.1 Å². The average molecular weight is 283 g/mol. The smallest absolute Gasteiger partial charge is 0.0737 e. The van der Waals surface area contributed by atoms with E-state index in [0.29, 0.717) is 22.5 Å². The largest absolute Gasteiger partial charge is 0.330 e. The number of fused-ring (bicyclic) bond motifs is 1. The molecule has 0 bridgehead atoms. The number of pyridine rings is 1. The monoisotopic (exact) mass is 282 g/mol. The molecule has 0 saturated carbocycles. The highest BCUT2D eigenvalue weighted by atomic mass is 35.5. The molecule has 1 atom stereocenters. The number of rotatable bonds is 3. The molecule has 0 fully saturated rings. The molecule has 2 aromatic rings. The Morgan fingerprint density at radius 2 is 2.00 bits per heavy atom. The summed E-state index contributed by atoms with van der Waals surface area (Å²) >= 11 is 12.3. The molecule has 1 aromatic carbocycles. The number of aryl methyl sites for hydroxylation is 1. The number of nitrogens with zero attached hydrogens (tertiary/aromatic N) is 1. The number of halogens is 2. The third kappa shape index (κ3) is 2.77. The van der Waals surface area contributed by atoms with Gasteiger partial charge in [-0.3, -0.25) is 4.98 Å². The van der Waals surface area contributed by atoms with E-state index in [9.17, 15) is 0 Å². The van der Waals surface area contributed by atoms with Gasteiger partial charge < -0.3 is 5.73 Å². The lowest BCUT2D eigenvalue weighted by Crippen LogP contribution is -2.13. The highest BCUT2D eigenvalue weighted by Crippen LogP contribution is 2.31. The Morgan fingerprint density at radius 3 is 2.67 bits per heavy atom. The van der Waals surface area contributed by atoms with Crippen LogP contribution in [0.1, 0.15) is 18.2 Å². The summed E-state index contributed by atoms with van der Waals surface area (Å²) in [6.07, 6.45) is 0.901. The first-order valence-electron chi connectivity index (χ1n) is 5.96. The summed E-state index contributed by atoms with van der Waals surface area (Å²) in [5.41, 5.74) is 8.71. The Morgan fingerprint density at radius 1 is 1.28 bits per heavy atom. The van der Waals surface area contributed by atoms with Crippen molar-refractivity contribution in [1.29, 1.82) is 0 Å². The van der Waals surface area contributed by atoms with Crippen LogP contribution in [0.5, 0.6) is 0 Å². The van der Waals surface area contributed by atoms with Gasteiger partial charge in [0, 0.05) is 16.1 Å². The van der Waals surface area contributed by atoms with E-state index in [1.54, 1.807) is 6.07 Å². The molecule has 1 heterocycles. The molecule has 4 heteroatoms. The van der Waals surface area contributed by atoms with Crippen LogP contribution < -0.4 is 5.73 Å². The number of aromatic nitrogens is 1. The van der Waals surface area contributed by atoms with Crippen LogP contribution in [-0.2, 0) is 6.42 Å². The van der Waals surface area contributed by atoms with Crippen LogP contribution in [0, 0.1) is 12.8 Å².